The lowest BCUT2D eigenvalue weighted by molar-refractivity contribution is -0.141. The predicted octanol–water partition coefficient (Wildman–Crippen LogP) is -0.0250. The van der Waals surface area contributed by atoms with Crippen LogP contribution in [0.15, 0.2) is 0 Å². The van der Waals surface area contributed by atoms with E-state index in [1.54, 1.807) is 6.92 Å². The number of hydrogen-bond donors (Lipinski definition) is 3. The lowest BCUT2D eigenvalue weighted by Crippen LogP contribution is -2.50. The highest BCUT2D eigenvalue weighted by Crippen LogP contribution is 2.18. The summed E-state index contributed by atoms with van der Waals surface area (Å²) in [6.07, 6.45) is -3.51. The highest BCUT2D eigenvalue weighted by atomic mass is 19.4. The Kier molecular flexibility index (Phi) is 6.60. The number of amides is 4. The lowest BCUT2D eigenvalue weighted by Gasteiger charge is -2.23. The van der Waals surface area contributed by atoms with Crippen molar-refractivity contribution in [2.24, 2.45) is 0 Å². The van der Waals surface area contributed by atoms with E-state index in [0.717, 1.165) is 0 Å². The molecule has 0 bridgehead atoms. The summed E-state index contributed by atoms with van der Waals surface area (Å²) in [5, 5.41) is 6.27. The first-order valence-corrected chi connectivity index (χ1v) is 6.89. The summed E-state index contributed by atoms with van der Waals surface area (Å²) in [6, 6.07) is -1.44. The van der Waals surface area contributed by atoms with Gasteiger partial charge < -0.3 is 10.6 Å². The molecule has 126 valence electrons. The number of likely N-dealkylation sites (tertiary alicyclic amines) is 1. The molecule has 1 atom stereocenters. The van der Waals surface area contributed by atoms with Crippen molar-refractivity contribution < 1.29 is 27.6 Å². The Bertz CT molecular complexity index is 428. The third kappa shape index (κ3) is 6.29. The van der Waals surface area contributed by atoms with Gasteiger partial charge in [-0.3, -0.25) is 19.8 Å². The van der Waals surface area contributed by atoms with Crippen LogP contribution in [0.3, 0.4) is 0 Å². The summed E-state index contributed by atoms with van der Waals surface area (Å²) < 4.78 is 36.3. The number of halogens is 3. The summed E-state index contributed by atoms with van der Waals surface area (Å²) in [6.45, 7) is 0.826. The van der Waals surface area contributed by atoms with Gasteiger partial charge in [-0.25, -0.2) is 4.79 Å². The summed E-state index contributed by atoms with van der Waals surface area (Å²) in [7, 11) is 0. The average molecular weight is 324 g/mol. The van der Waals surface area contributed by atoms with E-state index in [4.69, 9.17) is 0 Å². The summed E-state index contributed by atoms with van der Waals surface area (Å²) in [5.74, 6) is -1.37. The zero-order chi connectivity index (χ0) is 16.8. The fraction of sp³-hybridized carbons (Fsp3) is 0.750. The standard InChI is InChI=1S/C12H19F3N4O3/c1-2-16-11(22)18-9(20)6-19-5-3-4-8(19)10(21)17-7-12(13,14)15/h8H,2-7H2,1H3,(H,17,21)(H2,16,18,20,22)/t8-/m1/s1. The molecule has 0 aromatic heterocycles. The monoisotopic (exact) mass is 324 g/mol. The number of nitrogens with one attached hydrogen (secondary N) is 3. The normalized spacial score (nSPS) is 18.8. The SMILES string of the molecule is CCNC(=O)NC(=O)CN1CCC[C@@H]1C(=O)NCC(F)(F)F. The third-order valence-electron chi connectivity index (χ3n) is 3.07. The van der Waals surface area contributed by atoms with Gasteiger partial charge in [-0.2, -0.15) is 13.2 Å². The molecule has 0 spiro atoms. The number of carbonyl (C=O) groups is 3. The molecule has 0 saturated carbocycles. The van der Waals surface area contributed by atoms with E-state index < -0.39 is 36.6 Å². The Morgan fingerprint density at radius 1 is 1.23 bits per heavy atom. The molecule has 0 aromatic carbocycles. The van der Waals surface area contributed by atoms with Crippen LogP contribution in [0.1, 0.15) is 19.8 Å². The molecular weight excluding hydrogens is 305 g/mol. The first kappa shape index (κ1) is 18.2. The molecule has 0 aliphatic carbocycles. The Morgan fingerprint density at radius 3 is 2.50 bits per heavy atom. The Labute approximate surface area is 125 Å². The Morgan fingerprint density at radius 2 is 1.91 bits per heavy atom. The van der Waals surface area contributed by atoms with E-state index in [1.165, 1.54) is 4.90 Å². The summed E-state index contributed by atoms with van der Waals surface area (Å²) in [4.78, 5) is 36.0. The predicted molar refractivity (Wildman–Crippen MR) is 70.9 cm³/mol. The summed E-state index contributed by atoms with van der Waals surface area (Å²) >= 11 is 0. The van der Waals surface area contributed by atoms with Gasteiger partial charge in [0.05, 0.1) is 12.6 Å². The maximum absolute atomic E-state index is 12.1. The number of alkyl halides is 3. The van der Waals surface area contributed by atoms with Crippen LogP contribution < -0.4 is 16.0 Å². The Hall–Kier alpha value is -1.84. The zero-order valence-electron chi connectivity index (χ0n) is 12.1. The minimum Gasteiger partial charge on any atom is -0.346 e. The van der Waals surface area contributed by atoms with Crippen LogP contribution in [-0.2, 0) is 9.59 Å². The molecule has 3 N–H and O–H groups in total. The molecule has 0 radical (unpaired) electrons. The van der Waals surface area contributed by atoms with E-state index in [-0.39, 0.29) is 6.54 Å². The van der Waals surface area contributed by atoms with Crippen molar-refractivity contribution in [1.29, 1.82) is 0 Å². The maximum atomic E-state index is 12.1. The van der Waals surface area contributed by atoms with E-state index >= 15 is 0 Å². The number of carbonyl (C=O) groups excluding carboxylic acids is 3. The molecule has 1 aliphatic rings. The van der Waals surface area contributed by atoms with Gasteiger partial charge in [0.2, 0.25) is 11.8 Å². The second-order valence-electron chi connectivity index (χ2n) is 4.87. The lowest BCUT2D eigenvalue weighted by atomic mass is 10.2. The third-order valence-corrected chi connectivity index (χ3v) is 3.07. The van der Waals surface area contributed by atoms with Crippen LogP contribution >= 0.6 is 0 Å². The van der Waals surface area contributed by atoms with Crippen molar-refractivity contribution in [2.75, 3.05) is 26.2 Å². The van der Waals surface area contributed by atoms with Crippen molar-refractivity contribution in [2.45, 2.75) is 32.0 Å². The number of nitrogens with zero attached hydrogens (tertiary/aromatic N) is 1. The van der Waals surface area contributed by atoms with Crippen LogP contribution in [0, 0.1) is 0 Å². The molecule has 22 heavy (non-hydrogen) atoms. The molecule has 1 heterocycles. The van der Waals surface area contributed by atoms with Crippen LogP contribution in [0.25, 0.3) is 0 Å². The Balaban J connectivity index is 2.47. The molecule has 1 saturated heterocycles. The first-order valence-electron chi connectivity index (χ1n) is 6.89. The minimum atomic E-state index is -4.48. The zero-order valence-corrected chi connectivity index (χ0v) is 12.1. The van der Waals surface area contributed by atoms with Crippen molar-refractivity contribution in [1.82, 2.24) is 20.9 Å². The van der Waals surface area contributed by atoms with Crippen LogP contribution in [-0.4, -0.2) is 61.1 Å². The van der Waals surface area contributed by atoms with E-state index in [9.17, 15) is 27.6 Å². The topological polar surface area (TPSA) is 90.5 Å². The molecule has 0 unspecified atom stereocenters. The van der Waals surface area contributed by atoms with E-state index in [1.807, 2.05) is 5.32 Å². The highest BCUT2D eigenvalue weighted by molar-refractivity contribution is 5.95. The van der Waals surface area contributed by atoms with Gasteiger partial charge in [0.1, 0.15) is 6.54 Å². The quantitative estimate of drug-likeness (QED) is 0.663. The minimum absolute atomic E-state index is 0.221. The van der Waals surface area contributed by atoms with E-state index in [0.29, 0.717) is 25.9 Å². The molecule has 1 fully saturated rings. The van der Waals surface area contributed by atoms with Crippen molar-refractivity contribution in [3.63, 3.8) is 0 Å². The van der Waals surface area contributed by atoms with Gasteiger partial charge in [-0.15, -0.1) is 0 Å². The highest BCUT2D eigenvalue weighted by Gasteiger charge is 2.34. The van der Waals surface area contributed by atoms with Crippen LogP contribution in [0.4, 0.5) is 18.0 Å². The van der Waals surface area contributed by atoms with Gasteiger partial charge in [0.25, 0.3) is 0 Å². The second kappa shape index (κ2) is 7.97. The van der Waals surface area contributed by atoms with Gasteiger partial charge in [0.15, 0.2) is 0 Å². The second-order valence-corrected chi connectivity index (χ2v) is 4.87. The van der Waals surface area contributed by atoms with Crippen molar-refractivity contribution >= 4 is 17.8 Å². The largest absolute Gasteiger partial charge is 0.405 e. The van der Waals surface area contributed by atoms with Gasteiger partial charge in [-0.05, 0) is 26.3 Å². The molecule has 7 nitrogen and oxygen atoms in total. The van der Waals surface area contributed by atoms with Gasteiger partial charge in [-0.1, -0.05) is 0 Å². The molecule has 1 rings (SSSR count). The molecule has 10 heteroatoms. The number of imide groups is 1. The summed E-state index contributed by atoms with van der Waals surface area (Å²) in [5.41, 5.74) is 0. The van der Waals surface area contributed by atoms with Gasteiger partial charge in [0, 0.05) is 6.54 Å². The van der Waals surface area contributed by atoms with Gasteiger partial charge >= 0.3 is 12.2 Å². The average Bonchev–Trinajstić information content (AvgIpc) is 2.83. The number of hydrogen-bond acceptors (Lipinski definition) is 4. The van der Waals surface area contributed by atoms with E-state index in [2.05, 4.69) is 10.6 Å². The van der Waals surface area contributed by atoms with Crippen LogP contribution in [0.5, 0.6) is 0 Å². The fourth-order valence-electron chi connectivity index (χ4n) is 2.17. The van der Waals surface area contributed by atoms with Crippen molar-refractivity contribution in [3.05, 3.63) is 0 Å². The fourth-order valence-corrected chi connectivity index (χ4v) is 2.17. The molecular formula is C12H19F3N4O3. The number of urea groups is 1. The molecule has 4 amide bonds. The molecule has 0 aromatic rings. The van der Waals surface area contributed by atoms with Crippen molar-refractivity contribution in [3.8, 4) is 0 Å². The van der Waals surface area contributed by atoms with Crippen LogP contribution in [0.2, 0.25) is 0 Å². The smallest absolute Gasteiger partial charge is 0.346 e. The molecule has 1 aliphatic heterocycles. The first-order chi connectivity index (χ1) is 10.2. The number of rotatable bonds is 5. The maximum Gasteiger partial charge on any atom is 0.405 e.